The van der Waals surface area contributed by atoms with Crippen LogP contribution in [-0.4, -0.2) is 48.3 Å². The van der Waals surface area contributed by atoms with Gasteiger partial charge in [0, 0.05) is 12.6 Å². The second-order valence-electron chi connectivity index (χ2n) is 4.97. The molecule has 8 heteroatoms. The van der Waals surface area contributed by atoms with Gasteiger partial charge in [-0.3, -0.25) is 15.1 Å². The van der Waals surface area contributed by atoms with Crippen molar-refractivity contribution in [3.8, 4) is 0 Å². The third-order valence-corrected chi connectivity index (χ3v) is 3.09. The van der Waals surface area contributed by atoms with E-state index in [-0.39, 0.29) is 18.7 Å². The Kier molecular flexibility index (Phi) is 5.57. The van der Waals surface area contributed by atoms with Crippen LogP contribution < -0.4 is 11.3 Å². The lowest BCUT2D eigenvalue weighted by Gasteiger charge is -2.29. The molecule has 0 aromatic rings. The fourth-order valence-electron chi connectivity index (χ4n) is 2.08. The number of alkyl halides is 3. The number of ether oxygens (including phenoxy) is 1. The maximum atomic E-state index is 12.4. The molecule has 112 valence electrons. The van der Waals surface area contributed by atoms with Gasteiger partial charge in [0.25, 0.3) is 5.91 Å². The molecule has 1 heterocycles. The predicted molar refractivity (Wildman–Crippen MR) is 63.0 cm³/mol. The predicted octanol–water partition coefficient (Wildman–Crippen LogP) is 0.797. The van der Waals surface area contributed by atoms with E-state index in [9.17, 15) is 18.0 Å². The maximum absolute atomic E-state index is 12.4. The van der Waals surface area contributed by atoms with Crippen LogP contribution >= 0.6 is 0 Å². The fourth-order valence-corrected chi connectivity index (χ4v) is 2.08. The summed E-state index contributed by atoms with van der Waals surface area (Å²) in [6, 6.07) is -0.243. The van der Waals surface area contributed by atoms with Crippen molar-refractivity contribution in [2.24, 2.45) is 5.84 Å². The van der Waals surface area contributed by atoms with Crippen molar-refractivity contribution < 1.29 is 22.7 Å². The Labute approximate surface area is 110 Å². The summed E-state index contributed by atoms with van der Waals surface area (Å²) in [6.45, 7) is 2.58. The van der Waals surface area contributed by atoms with Gasteiger partial charge >= 0.3 is 6.18 Å². The van der Waals surface area contributed by atoms with Crippen LogP contribution in [-0.2, 0) is 9.53 Å². The van der Waals surface area contributed by atoms with E-state index < -0.39 is 24.7 Å². The molecule has 0 saturated carbocycles. The number of rotatable bonds is 5. The van der Waals surface area contributed by atoms with Crippen molar-refractivity contribution in [2.75, 3.05) is 13.1 Å². The Balaban J connectivity index is 2.50. The summed E-state index contributed by atoms with van der Waals surface area (Å²) in [4.78, 5) is 12.6. The molecule has 2 atom stereocenters. The van der Waals surface area contributed by atoms with Gasteiger partial charge in [-0.1, -0.05) is 0 Å². The number of nitrogens with zero attached hydrogens (tertiary/aromatic N) is 1. The zero-order chi connectivity index (χ0) is 14.6. The van der Waals surface area contributed by atoms with Crippen LogP contribution in [0.25, 0.3) is 0 Å². The highest BCUT2D eigenvalue weighted by Gasteiger charge is 2.36. The smallest absolute Gasteiger partial charge is 0.364 e. The van der Waals surface area contributed by atoms with Crippen LogP contribution in [0.4, 0.5) is 13.2 Å². The molecule has 1 aliphatic heterocycles. The molecule has 1 aliphatic rings. The number of hydrazine groups is 1. The number of carbonyl (C=O) groups excluding carboxylic acids is 1. The molecule has 3 N–H and O–H groups in total. The molecule has 0 aromatic heterocycles. The number of nitrogens with two attached hydrogens (primary N) is 1. The molecule has 0 spiro atoms. The lowest BCUT2D eigenvalue weighted by Crippen LogP contribution is -2.44. The molecular formula is C11H20F3N3O2. The number of halogens is 3. The number of hydrogen-bond acceptors (Lipinski definition) is 4. The van der Waals surface area contributed by atoms with E-state index in [4.69, 9.17) is 10.6 Å². The van der Waals surface area contributed by atoms with Crippen LogP contribution in [0.1, 0.15) is 26.7 Å². The Morgan fingerprint density at radius 2 is 2.11 bits per heavy atom. The van der Waals surface area contributed by atoms with Gasteiger partial charge in [0.2, 0.25) is 0 Å². The van der Waals surface area contributed by atoms with Crippen molar-refractivity contribution in [2.45, 2.75) is 51.1 Å². The van der Waals surface area contributed by atoms with E-state index in [0.717, 1.165) is 0 Å². The maximum Gasteiger partial charge on any atom is 0.401 e. The first-order chi connectivity index (χ1) is 8.73. The number of hydrogen-bond donors (Lipinski definition) is 2. The zero-order valence-corrected chi connectivity index (χ0v) is 11.0. The first-order valence-corrected chi connectivity index (χ1v) is 6.19. The van der Waals surface area contributed by atoms with Crippen LogP contribution in [0.5, 0.6) is 0 Å². The monoisotopic (exact) mass is 283 g/mol. The van der Waals surface area contributed by atoms with Crippen LogP contribution in [0.15, 0.2) is 0 Å². The van der Waals surface area contributed by atoms with E-state index in [1.807, 2.05) is 5.43 Å². The highest BCUT2D eigenvalue weighted by Crippen LogP contribution is 2.23. The third-order valence-electron chi connectivity index (χ3n) is 3.09. The van der Waals surface area contributed by atoms with Gasteiger partial charge in [-0.05, 0) is 26.7 Å². The van der Waals surface area contributed by atoms with Gasteiger partial charge in [-0.2, -0.15) is 13.2 Å². The van der Waals surface area contributed by atoms with E-state index in [1.54, 1.807) is 13.8 Å². The zero-order valence-electron chi connectivity index (χ0n) is 11.0. The normalized spacial score (nSPS) is 24.2. The highest BCUT2D eigenvalue weighted by molar-refractivity contribution is 5.80. The minimum absolute atomic E-state index is 0.158. The van der Waals surface area contributed by atoms with Crippen molar-refractivity contribution in [3.05, 3.63) is 0 Å². The lowest BCUT2D eigenvalue weighted by atomic mass is 10.1. The van der Waals surface area contributed by atoms with Crippen LogP contribution in [0.2, 0.25) is 0 Å². The second-order valence-corrected chi connectivity index (χ2v) is 4.97. The Hall–Kier alpha value is -0.860. The minimum Gasteiger partial charge on any atom is -0.364 e. The molecule has 1 saturated heterocycles. The van der Waals surface area contributed by atoms with E-state index >= 15 is 0 Å². The molecule has 1 fully saturated rings. The van der Waals surface area contributed by atoms with Gasteiger partial charge in [0.1, 0.15) is 6.10 Å². The van der Waals surface area contributed by atoms with Crippen molar-refractivity contribution in [3.63, 3.8) is 0 Å². The largest absolute Gasteiger partial charge is 0.401 e. The first-order valence-electron chi connectivity index (χ1n) is 6.19. The summed E-state index contributed by atoms with van der Waals surface area (Å²) >= 11 is 0. The van der Waals surface area contributed by atoms with Gasteiger partial charge < -0.3 is 4.74 Å². The minimum atomic E-state index is -4.24. The van der Waals surface area contributed by atoms with Crippen LogP contribution in [0, 0.1) is 0 Å². The molecule has 0 radical (unpaired) electrons. The summed E-state index contributed by atoms with van der Waals surface area (Å²) in [7, 11) is 0. The average molecular weight is 283 g/mol. The first kappa shape index (κ1) is 16.2. The topological polar surface area (TPSA) is 67.6 Å². The van der Waals surface area contributed by atoms with Crippen molar-refractivity contribution in [1.82, 2.24) is 10.3 Å². The molecule has 5 nitrogen and oxygen atoms in total. The Bertz CT molecular complexity index is 310. The lowest BCUT2D eigenvalue weighted by molar-refractivity contribution is -0.154. The summed E-state index contributed by atoms with van der Waals surface area (Å²) < 4.78 is 42.7. The third kappa shape index (κ3) is 5.33. The molecule has 0 bridgehead atoms. The fraction of sp³-hybridized carbons (Fsp3) is 0.909. The average Bonchev–Trinajstić information content (AvgIpc) is 2.73. The van der Waals surface area contributed by atoms with Gasteiger partial charge in [-0.25, -0.2) is 5.84 Å². The van der Waals surface area contributed by atoms with Gasteiger partial charge in [-0.15, -0.1) is 0 Å². The van der Waals surface area contributed by atoms with E-state index in [1.165, 1.54) is 4.90 Å². The summed E-state index contributed by atoms with van der Waals surface area (Å²) in [5.74, 6) is 4.56. The van der Waals surface area contributed by atoms with E-state index in [0.29, 0.717) is 12.8 Å². The number of amides is 1. The standard InChI is InChI=1S/C11H20F3N3O2/c1-7(2)17(6-11(12,13)14)5-8-3-4-9(19-8)10(18)16-15/h7-9H,3-6,15H2,1-2H3,(H,16,18). The van der Waals surface area contributed by atoms with Gasteiger partial charge in [0.15, 0.2) is 0 Å². The summed E-state index contributed by atoms with van der Waals surface area (Å²) in [6.07, 6.45) is -4.23. The Morgan fingerprint density at radius 1 is 1.47 bits per heavy atom. The number of nitrogens with one attached hydrogen (secondary N) is 1. The summed E-state index contributed by atoms with van der Waals surface area (Å²) in [5, 5.41) is 0. The SMILES string of the molecule is CC(C)N(CC1CCC(C(=O)NN)O1)CC(F)(F)F. The van der Waals surface area contributed by atoms with E-state index in [2.05, 4.69) is 0 Å². The quantitative estimate of drug-likeness (QED) is 0.445. The van der Waals surface area contributed by atoms with Crippen LogP contribution in [0.3, 0.4) is 0 Å². The Morgan fingerprint density at radius 3 is 2.58 bits per heavy atom. The van der Waals surface area contributed by atoms with Gasteiger partial charge in [0.05, 0.1) is 12.6 Å². The van der Waals surface area contributed by atoms with Crippen molar-refractivity contribution >= 4 is 5.91 Å². The molecule has 0 aliphatic carbocycles. The number of carbonyl (C=O) groups is 1. The second kappa shape index (κ2) is 6.53. The molecule has 1 amide bonds. The molecule has 19 heavy (non-hydrogen) atoms. The molecule has 0 aromatic carbocycles. The summed E-state index contributed by atoms with van der Waals surface area (Å²) in [5.41, 5.74) is 1.98. The molecular weight excluding hydrogens is 263 g/mol. The van der Waals surface area contributed by atoms with Crippen molar-refractivity contribution in [1.29, 1.82) is 0 Å². The highest BCUT2D eigenvalue weighted by atomic mass is 19.4. The molecule has 1 rings (SSSR count). The molecule has 2 unspecified atom stereocenters.